The molecule has 1 unspecified atom stereocenters. The van der Waals surface area contributed by atoms with Crippen LogP contribution in [0.15, 0.2) is 11.3 Å². The number of aromatic nitrogens is 2. The average molecular weight is 220 g/mol. The molecule has 86 valence electrons. The first-order valence-corrected chi connectivity index (χ1v) is 5.67. The fourth-order valence-corrected chi connectivity index (χ4v) is 2.27. The molecule has 0 radical (unpaired) electrons. The lowest BCUT2D eigenvalue weighted by Crippen LogP contribution is -2.24. The van der Waals surface area contributed by atoms with Crippen molar-refractivity contribution in [3.63, 3.8) is 0 Å². The fraction of sp³-hybridized carbons (Fsp3) is 0.636. The standard InChI is InChI=1S/C11H16N4O/c1-11(2)9-10(12-6-14-11)15(7-13-9)8-4-3-5-16-8/h6-8H,3-5H2,1-2H3,(H,12,14). The molecule has 0 amide bonds. The van der Waals surface area contributed by atoms with E-state index in [1.54, 1.807) is 6.34 Å². The Morgan fingerprint density at radius 1 is 1.56 bits per heavy atom. The highest BCUT2D eigenvalue weighted by Gasteiger charge is 2.32. The second kappa shape index (κ2) is 3.31. The Kier molecular flexibility index (Phi) is 2.04. The number of aliphatic imine (C=N–C) groups is 1. The van der Waals surface area contributed by atoms with Crippen molar-refractivity contribution in [3.05, 3.63) is 12.0 Å². The Labute approximate surface area is 94.5 Å². The predicted octanol–water partition coefficient (Wildman–Crippen LogP) is 1.88. The van der Waals surface area contributed by atoms with Crippen LogP contribution in [0.5, 0.6) is 0 Å². The van der Waals surface area contributed by atoms with Gasteiger partial charge in [-0.1, -0.05) is 0 Å². The quantitative estimate of drug-likeness (QED) is 0.786. The van der Waals surface area contributed by atoms with Gasteiger partial charge in [0, 0.05) is 6.61 Å². The minimum Gasteiger partial charge on any atom is -0.358 e. The minimum atomic E-state index is -0.246. The van der Waals surface area contributed by atoms with Crippen molar-refractivity contribution in [2.75, 3.05) is 11.9 Å². The Bertz CT molecular complexity index is 429. The Balaban J connectivity index is 2.02. The molecule has 1 aromatic rings. The van der Waals surface area contributed by atoms with Gasteiger partial charge in [-0.2, -0.15) is 0 Å². The molecule has 1 fully saturated rings. The molecule has 1 N–H and O–H groups in total. The van der Waals surface area contributed by atoms with Gasteiger partial charge < -0.3 is 10.1 Å². The smallest absolute Gasteiger partial charge is 0.139 e. The van der Waals surface area contributed by atoms with Crippen LogP contribution in [0.3, 0.4) is 0 Å². The Hall–Kier alpha value is -1.36. The number of imidazole rings is 1. The zero-order valence-corrected chi connectivity index (χ0v) is 9.60. The molecule has 1 aromatic heterocycles. The maximum absolute atomic E-state index is 5.67. The van der Waals surface area contributed by atoms with Crippen molar-refractivity contribution in [1.82, 2.24) is 9.55 Å². The summed E-state index contributed by atoms with van der Waals surface area (Å²) >= 11 is 0. The molecule has 2 aliphatic rings. The van der Waals surface area contributed by atoms with Crippen LogP contribution in [0.25, 0.3) is 0 Å². The number of hydrogen-bond donors (Lipinski definition) is 1. The number of anilines is 1. The van der Waals surface area contributed by atoms with E-state index in [2.05, 4.69) is 33.7 Å². The van der Waals surface area contributed by atoms with Crippen LogP contribution in [-0.4, -0.2) is 22.5 Å². The summed E-state index contributed by atoms with van der Waals surface area (Å²) < 4.78 is 7.75. The van der Waals surface area contributed by atoms with Crippen LogP contribution >= 0.6 is 0 Å². The molecule has 0 spiro atoms. The number of nitrogens with zero attached hydrogens (tertiary/aromatic N) is 3. The number of rotatable bonds is 1. The summed E-state index contributed by atoms with van der Waals surface area (Å²) in [5.74, 6) is 1.02. The monoisotopic (exact) mass is 220 g/mol. The van der Waals surface area contributed by atoms with Crippen molar-refractivity contribution < 1.29 is 4.74 Å². The molecule has 3 heterocycles. The van der Waals surface area contributed by atoms with Crippen LogP contribution in [-0.2, 0) is 10.3 Å². The third-order valence-electron chi connectivity index (χ3n) is 3.18. The topological polar surface area (TPSA) is 51.4 Å². The summed E-state index contributed by atoms with van der Waals surface area (Å²) in [5.41, 5.74) is 0.746. The summed E-state index contributed by atoms with van der Waals surface area (Å²) in [4.78, 5) is 8.85. The lowest BCUT2D eigenvalue weighted by molar-refractivity contribution is 0.0580. The second-order valence-electron chi connectivity index (χ2n) is 4.78. The molecule has 0 saturated carbocycles. The molecular formula is C11H16N4O. The van der Waals surface area contributed by atoms with Crippen molar-refractivity contribution in [2.24, 2.45) is 4.99 Å². The van der Waals surface area contributed by atoms with Crippen molar-refractivity contribution in [1.29, 1.82) is 0 Å². The summed E-state index contributed by atoms with van der Waals surface area (Å²) in [6, 6.07) is 0. The number of hydrogen-bond acceptors (Lipinski definition) is 4. The SMILES string of the molecule is CC1(C)N=CNc2c1ncn2C1CCCO1. The van der Waals surface area contributed by atoms with Gasteiger partial charge in [0.05, 0.1) is 12.7 Å². The van der Waals surface area contributed by atoms with Gasteiger partial charge in [-0.15, -0.1) is 0 Å². The lowest BCUT2D eigenvalue weighted by atomic mass is 10.0. The molecule has 2 aliphatic heterocycles. The molecule has 5 nitrogen and oxygen atoms in total. The van der Waals surface area contributed by atoms with E-state index in [1.807, 2.05) is 6.33 Å². The molecule has 0 aliphatic carbocycles. The third kappa shape index (κ3) is 1.35. The van der Waals surface area contributed by atoms with Gasteiger partial charge in [-0.3, -0.25) is 9.56 Å². The summed E-state index contributed by atoms with van der Waals surface area (Å²) in [5, 5.41) is 3.17. The maximum Gasteiger partial charge on any atom is 0.139 e. The van der Waals surface area contributed by atoms with E-state index in [-0.39, 0.29) is 11.8 Å². The first kappa shape index (κ1) is 9.84. The molecule has 1 saturated heterocycles. The van der Waals surface area contributed by atoms with Gasteiger partial charge in [0.1, 0.15) is 23.3 Å². The molecule has 0 bridgehead atoms. The average Bonchev–Trinajstić information content (AvgIpc) is 2.83. The zero-order chi connectivity index (χ0) is 11.2. The number of fused-ring (bicyclic) bond motifs is 1. The van der Waals surface area contributed by atoms with Crippen molar-refractivity contribution in [3.8, 4) is 0 Å². The van der Waals surface area contributed by atoms with Gasteiger partial charge in [0.15, 0.2) is 0 Å². The molecule has 16 heavy (non-hydrogen) atoms. The highest BCUT2D eigenvalue weighted by atomic mass is 16.5. The normalized spacial score (nSPS) is 26.5. The van der Waals surface area contributed by atoms with E-state index in [4.69, 9.17) is 4.74 Å². The summed E-state index contributed by atoms with van der Waals surface area (Å²) in [6.07, 6.45) is 5.91. The minimum absolute atomic E-state index is 0.131. The first-order valence-electron chi connectivity index (χ1n) is 5.67. The van der Waals surface area contributed by atoms with Crippen LogP contribution in [0.4, 0.5) is 5.82 Å². The molecule has 3 rings (SSSR count). The number of nitrogens with one attached hydrogen (secondary N) is 1. The lowest BCUT2D eigenvalue weighted by Gasteiger charge is -2.25. The van der Waals surface area contributed by atoms with E-state index < -0.39 is 0 Å². The van der Waals surface area contributed by atoms with Gasteiger partial charge in [-0.25, -0.2) is 4.98 Å². The largest absolute Gasteiger partial charge is 0.358 e. The second-order valence-corrected chi connectivity index (χ2v) is 4.78. The Morgan fingerprint density at radius 3 is 3.19 bits per heavy atom. The van der Waals surface area contributed by atoms with E-state index in [0.717, 1.165) is 31.0 Å². The van der Waals surface area contributed by atoms with E-state index >= 15 is 0 Å². The van der Waals surface area contributed by atoms with E-state index in [0.29, 0.717) is 0 Å². The van der Waals surface area contributed by atoms with Crippen LogP contribution in [0, 0.1) is 0 Å². The van der Waals surface area contributed by atoms with Gasteiger partial charge in [-0.05, 0) is 26.7 Å². The van der Waals surface area contributed by atoms with Crippen LogP contribution < -0.4 is 5.32 Å². The predicted molar refractivity (Wildman–Crippen MR) is 61.6 cm³/mol. The maximum atomic E-state index is 5.67. The zero-order valence-electron chi connectivity index (χ0n) is 9.60. The summed E-state index contributed by atoms with van der Waals surface area (Å²) in [6.45, 7) is 4.97. The number of ether oxygens (including phenoxy) is 1. The molecule has 5 heteroatoms. The highest BCUT2D eigenvalue weighted by molar-refractivity contribution is 5.78. The molecule has 1 atom stereocenters. The van der Waals surface area contributed by atoms with Gasteiger partial charge in [0.25, 0.3) is 0 Å². The fourth-order valence-electron chi connectivity index (χ4n) is 2.27. The van der Waals surface area contributed by atoms with E-state index in [1.165, 1.54) is 0 Å². The van der Waals surface area contributed by atoms with Crippen LogP contribution in [0.1, 0.15) is 38.6 Å². The Morgan fingerprint density at radius 2 is 2.44 bits per heavy atom. The first-order chi connectivity index (χ1) is 7.68. The van der Waals surface area contributed by atoms with Gasteiger partial charge >= 0.3 is 0 Å². The highest BCUT2D eigenvalue weighted by Crippen LogP contribution is 2.35. The molecule has 0 aromatic carbocycles. The van der Waals surface area contributed by atoms with Crippen molar-refractivity contribution >= 4 is 12.2 Å². The molecular weight excluding hydrogens is 204 g/mol. The van der Waals surface area contributed by atoms with Gasteiger partial charge in [0.2, 0.25) is 0 Å². The summed E-state index contributed by atoms with van der Waals surface area (Å²) in [7, 11) is 0. The third-order valence-corrected chi connectivity index (χ3v) is 3.18. The van der Waals surface area contributed by atoms with Crippen LogP contribution in [0.2, 0.25) is 0 Å². The van der Waals surface area contributed by atoms with E-state index in [9.17, 15) is 0 Å². The van der Waals surface area contributed by atoms with Crippen molar-refractivity contribution in [2.45, 2.75) is 38.5 Å².